The molecule has 1 amide bonds. The molecule has 18 heavy (non-hydrogen) atoms. The molecular weight excluding hydrogens is 241 g/mol. The van der Waals surface area contributed by atoms with Gasteiger partial charge < -0.3 is 9.64 Å². The fraction of sp³-hybridized carbons (Fsp3) is 0.250. The Balaban J connectivity index is 2.43. The van der Waals surface area contributed by atoms with Crippen molar-refractivity contribution >= 4 is 23.3 Å². The summed E-state index contributed by atoms with van der Waals surface area (Å²) in [7, 11) is 1.14. The number of Topliss-reactive ketones (excluding diaryl/α,β-unsaturated/α-hetero) is 1. The van der Waals surface area contributed by atoms with Gasteiger partial charge in [-0.05, 0) is 12.1 Å². The van der Waals surface area contributed by atoms with Gasteiger partial charge in [-0.2, -0.15) is 0 Å². The molecule has 1 aromatic carbocycles. The van der Waals surface area contributed by atoms with E-state index in [0.29, 0.717) is 0 Å². The lowest BCUT2D eigenvalue weighted by Crippen LogP contribution is -2.26. The normalized spacial score (nSPS) is 15.1. The Morgan fingerprint density at radius 3 is 2.67 bits per heavy atom. The van der Waals surface area contributed by atoms with E-state index in [-0.39, 0.29) is 30.0 Å². The Morgan fingerprint density at radius 1 is 1.39 bits per heavy atom. The summed E-state index contributed by atoms with van der Waals surface area (Å²) in [5.74, 6) is -2.43. The molecule has 1 aromatic rings. The van der Waals surface area contributed by atoms with Crippen LogP contribution in [0.2, 0.25) is 0 Å². The highest BCUT2D eigenvalue weighted by Crippen LogP contribution is 2.25. The van der Waals surface area contributed by atoms with E-state index in [1.165, 1.54) is 18.2 Å². The summed E-state index contributed by atoms with van der Waals surface area (Å²) in [6, 6.07) is 4.03. The number of carbonyl (C=O) groups is 3. The van der Waals surface area contributed by atoms with Crippen LogP contribution in [0, 0.1) is 5.82 Å². The first-order valence-corrected chi connectivity index (χ1v) is 5.23. The number of halogens is 1. The third-order valence-electron chi connectivity index (χ3n) is 2.66. The highest BCUT2D eigenvalue weighted by atomic mass is 19.1. The van der Waals surface area contributed by atoms with Gasteiger partial charge >= 0.3 is 5.97 Å². The summed E-state index contributed by atoms with van der Waals surface area (Å²) in [6.07, 6.45) is -0.234. The van der Waals surface area contributed by atoms with Crippen LogP contribution in [0.5, 0.6) is 0 Å². The van der Waals surface area contributed by atoms with Crippen molar-refractivity contribution in [3.05, 3.63) is 29.6 Å². The van der Waals surface area contributed by atoms with Crippen LogP contribution in [0.4, 0.5) is 10.1 Å². The first-order valence-electron chi connectivity index (χ1n) is 5.23. The number of carbonyl (C=O) groups excluding carboxylic acids is 3. The molecule has 1 heterocycles. The second-order valence-electron chi connectivity index (χ2n) is 3.83. The van der Waals surface area contributed by atoms with Gasteiger partial charge in [-0.3, -0.25) is 9.59 Å². The molecule has 1 aliphatic rings. The fourth-order valence-electron chi connectivity index (χ4n) is 1.80. The topological polar surface area (TPSA) is 63.7 Å². The number of hydrogen-bond acceptors (Lipinski definition) is 4. The number of ketones is 1. The molecule has 5 nitrogen and oxygen atoms in total. The van der Waals surface area contributed by atoms with E-state index in [2.05, 4.69) is 4.74 Å². The second-order valence-corrected chi connectivity index (χ2v) is 3.83. The average molecular weight is 251 g/mol. The summed E-state index contributed by atoms with van der Waals surface area (Å²) in [5, 5.41) is 0. The van der Waals surface area contributed by atoms with Crippen LogP contribution in [0.1, 0.15) is 16.8 Å². The molecule has 0 unspecified atom stereocenters. The lowest BCUT2D eigenvalue weighted by atomic mass is 10.1. The van der Waals surface area contributed by atoms with E-state index < -0.39 is 17.7 Å². The molecule has 0 spiro atoms. The van der Waals surface area contributed by atoms with Crippen LogP contribution < -0.4 is 4.90 Å². The van der Waals surface area contributed by atoms with Gasteiger partial charge in [-0.1, -0.05) is 6.07 Å². The van der Waals surface area contributed by atoms with Crippen molar-refractivity contribution in [3.63, 3.8) is 0 Å². The largest absolute Gasteiger partial charge is 0.465 e. The quantitative estimate of drug-likeness (QED) is 0.579. The number of amides is 1. The molecule has 1 aliphatic heterocycles. The second kappa shape index (κ2) is 4.56. The van der Waals surface area contributed by atoms with Crippen LogP contribution >= 0.6 is 0 Å². The molecule has 0 radical (unpaired) electrons. The zero-order valence-corrected chi connectivity index (χ0v) is 9.60. The standard InChI is InChI=1S/C12H10FNO4/c1-18-12(17)8-3-2-4-9(11(8)13)14-6-7(15)5-10(14)16/h2-4H,5-6H2,1H3. The number of rotatable bonds is 2. The molecule has 0 aromatic heterocycles. The highest BCUT2D eigenvalue weighted by molar-refractivity contribution is 6.15. The first-order chi connectivity index (χ1) is 8.54. The van der Waals surface area contributed by atoms with E-state index in [0.717, 1.165) is 12.0 Å². The maximum Gasteiger partial charge on any atom is 0.340 e. The maximum atomic E-state index is 14.1. The van der Waals surface area contributed by atoms with Crippen molar-refractivity contribution in [3.8, 4) is 0 Å². The van der Waals surface area contributed by atoms with E-state index >= 15 is 0 Å². The zero-order chi connectivity index (χ0) is 13.3. The summed E-state index contributed by atoms with van der Waals surface area (Å²) >= 11 is 0. The summed E-state index contributed by atoms with van der Waals surface area (Å²) in [6.45, 7) is -0.166. The minimum atomic E-state index is -0.854. The Bertz CT molecular complexity index is 541. The van der Waals surface area contributed by atoms with Gasteiger partial charge in [0.05, 0.1) is 31.3 Å². The SMILES string of the molecule is COC(=O)c1cccc(N2CC(=O)CC2=O)c1F. The number of nitrogens with zero attached hydrogens (tertiary/aromatic N) is 1. The molecule has 0 atom stereocenters. The number of anilines is 1. The monoisotopic (exact) mass is 251 g/mol. The third kappa shape index (κ3) is 1.97. The first kappa shape index (κ1) is 12.2. The average Bonchev–Trinajstić information content (AvgIpc) is 2.68. The van der Waals surface area contributed by atoms with Crippen LogP contribution in [-0.4, -0.2) is 31.3 Å². The summed E-state index contributed by atoms with van der Waals surface area (Å²) < 4.78 is 18.5. The lowest BCUT2D eigenvalue weighted by molar-refractivity contribution is -0.121. The van der Waals surface area contributed by atoms with Crippen LogP contribution in [-0.2, 0) is 14.3 Å². The minimum absolute atomic E-state index is 0.0752. The van der Waals surface area contributed by atoms with Gasteiger partial charge in [0.2, 0.25) is 5.91 Å². The van der Waals surface area contributed by atoms with E-state index in [1.54, 1.807) is 0 Å². The Kier molecular flexibility index (Phi) is 3.10. The van der Waals surface area contributed by atoms with Crippen molar-refractivity contribution in [2.45, 2.75) is 6.42 Å². The predicted octanol–water partition coefficient (Wildman–Crippen LogP) is 0.918. The Morgan fingerprint density at radius 2 is 2.11 bits per heavy atom. The van der Waals surface area contributed by atoms with Gasteiger partial charge in [-0.15, -0.1) is 0 Å². The highest BCUT2D eigenvalue weighted by Gasteiger charge is 2.31. The number of benzene rings is 1. The molecule has 2 rings (SSSR count). The smallest absolute Gasteiger partial charge is 0.340 e. The van der Waals surface area contributed by atoms with Crippen molar-refractivity contribution < 1.29 is 23.5 Å². The predicted molar refractivity (Wildman–Crippen MR) is 59.7 cm³/mol. The van der Waals surface area contributed by atoms with Crippen LogP contribution in [0.3, 0.4) is 0 Å². The van der Waals surface area contributed by atoms with Gasteiger partial charge in [-0.25, -0.2) is 9.18 Å². The molecule has 0 N–H and O–H groups in total. The van der Waals surface area contributed by atoms with Gasteiger partial charge in [0.1, 0.15) is 0 Å². The summed E-state index contributed by atoms with van der Waals surface area (Å²) in [4.78, 5) is 35.0. The van der Waals surface area contributed by atoms with Gasteiger partial charge in [0.25, 0.3) is 0 Å². The molecular formula is C12H10FNO4. The summed E-state index contributed by atoms with van der Waals surface area (Å²) in [5.41, 5.74) is -0.337. The molecule has 1 saturated heterocycles. The molecule has 94 valence electrons. The van der Waals surface area contributed by atoms with Crippen LogP contribution in [0.15, 0.2) is 18.2 Å². The lowest BCUT2D eigenvalue weighted by Gasteiger charge is -2.16. The maximum absolute atomic E-state index is 14.1. The van der Waals surface area contributed by atoms with Gasteiger partial charge in [0, 0.05) is 0 Å². The van der Waals surface area contributed by atoms with Crippen LogP contribution in [0.25, 0.3) is 0 Å². The number of hydrogen-bond donors (Lipinski definition) is 0. The minimum Gasteiger partial charge on any atom is -0.465 e. The molecule has 0 bridgehead atoms. The third-order valence-corrected chi connectivity index (χ3v) is 2.66. The number of esters is 1. The molecule has 0 saturated carbocycles. The van der Waals surface area contributed by atoms with Crippen molar-refractivity contribution in [1.82, 2.24) is 0 Å². The Hall–Kier alpha value is -2.24. The van der Waals surface area contributed by atoms with E-state index in [4.69, 9.17) is 0 Å². The van der Waals surface area contributed by atoms with E-state index in [9.17, 15) is 18.8 Å². The van der Waals surface area contributed by atoms with Crippen molar-refractivity contribution in [2.24, 2.45) is 0 Å². The van der Waals surface area contributed by atoms with E-state index in [1.807, 2.05) is 0 Å². The molecule has 6 heteroatoms. The van der Waals surface area contributed by atoms with Gasteiger partial charge in [0.15, 0.2) is 11.6 Å². The number of methoxy groups -OCH3 is 1. The Labute approximate surface area is 102 Å². The van der Waals surface area contributed by atoms with Crippen molar-refractivity contribution in [2.75, 3.05) is 18.6 Å². The number of ether oxygens (including phenoxy) is 1. The van der Waals surface area contributed by atoms with Crippen molar-refractivity contribution in [1.29, 1.82) is 0 Å². The molecule has 0 aliphatic carbocycles. The molecule has 1 fully saturated rings. The fourth-order valence-corrected chi connectivity index (χ4v) is 1.80. The zero-order valence-electron chi connectivity index (χ0n) is 9.60.